The third kappa shape index (κ3) is 2.82. The van der Waals surface area contributed by atoms with Crippen LogP contribution >= 0.6 is 0 Å². The van der Waals surface area contributed by atoms with Gasteiger partial charge < -0.3 is 14.0 Å². The second-order valence-corrected chi connectivity index (χ2v) is 7.92. The molecule has 0 unspecified atom stereocenters. The second-order valence-electron chi connectivity index (χ2n) is 7.92. The molecule has 2 N–H and O–H groups in total. The van der Waals surface area contributed by atoms with Crippen LogP contribution in [0.5, 0.6) is 11.5 Å². The highest BCUT2D eigenvalue weighted by Crippen LogP contribution is 2.41. The Bertz CT molecular complexity index is 1320. The molecule has 0 amide bonds. The molecule has 1 aromatic carbocycles. The lowest BCUT2D eigenvalue weighted by Crippen LogP contribution is -2.44. The number of fused-ring (bicyclic) bond motifs is 4. The maximum Gasteiger partial charge on any atom is 0.291 e. The SMILES string of the molecule is Cc1c(-c2cc3[n+](c(N)c2C#N)CCc2cc4c(cc2-3)OCCCO4)cc(C#N)n1C. The first-order valence-electron chi connectivity index (χ1n) is 10.3. The van der Waals surface area contributed by atoms with E-state index in [9.17, 15) is 10.5 Å². The van der Waals surface area contributed by atoms with Crippen LogP contribution in [-0.2, 0) is 20.0 Å². The van der Waals surface area contributed by atoms with Crippen LogP contribution < -0.4 is 19.8 Å². The zero-order valence-electron chi connectivity index (χ0n) is 17.5. The first-order valence-corrected chi connectivity index (χ1v) is 10.3. The zero-order chi connectivity index (χ0) is 21.7. The van der Waals surface area contributed by atoms with Crippen molar-refractivity contribution in [1.29, 1.82) is 10.5 Å². The number of nitrogens with zero attached hydrogens (tertiary/aromatic N) is 4. The van der Waals surface area contributed by atoms with Gasteiger partial charge >= 0.3 is 0 Å². The number of anilines is 1. The van der Waals surface area contributed by atoms with Crippen molar-refractivity contribution < 1.29 is 14.0 Å². The van der Waals surface area contributed by atoms with Gasteiger partial charge in [-0.2, -0.15) is 10.5 Å². The van der Waals surface area contributed by atoms with Crippen LogP contribution in [0.2, 0.25) is 0 Å². The number of nitriles is 2. The zero-order valence-corrected chi connectivity index (χ0v) is 17.5. The average molecular weight is 412 g/mol. The van der Waals surface area contributed by atoms with E-state index in [0.29, 0.717) is 36.8 Å². The number of aromatic nitrogens is 2. The molecule has 0 radical (unpaired) electrons. The Morgan fingerprint density at radius 1 is 1.00 bits per heavy atom. The van der Waals surface area contributed by atoms with E-state index >= 15 is 0 Å². The monoisotopic (exact) mass is 412 g/mol. The van der Waals surface area contributed by atoms with Crippen molar-refractivity contribution in [3.05, 3.63) is 46.8 Å². The summed E-state index contributed by atoms with van der Waals surface area (Å²) in [6.07, 6.45) is 1.64. The van der Waals surface area contributed by atoms with Gasteiger partial charge in [0.2, 0.25) is 0 Å². The fourth-order valence-corrected chi connectivity index (χ4v) is 4.49. The van der Waals surface area contributed by atoms with E-state index in [4.69, 9.17) is 15.2 Å². The lowest BCUT2D eigenvalue weighted by atomic mass is 9.92. The fraction of sp³-hybridized carbons (Fsp3) is 0.292. The van der Waals surface area contributed by atoms with Crippen molar-refractivity contribution >= 4 is 5.82 Å². The number of hydrogen-bond donors (Lipinski definition) is 1. The number of nitrogens with two attached hydrogens (primary N) is 1. The van der Waals surface area contributed by atoms with Gasteiger partial charge in [0.1, 0.15) is 29.1 Å². The van der Waals surface area contributed by atoms with Crippen LogP contribution in [0.4, 0.5) is 5.82 Å². The van der Waals surface area contributed by atoms with Crippen LogP contribution in [0, 0.1) is 29.6 Å². The predicted octanol–water partition coefficient (Wildman–Crippen LogP) is 3.00. The van der Waals surface area contributed by atoms with Crippen LogP contribution in [-0.4, -0.2) is 17.8 Å². The first-order chi connectivity index (χ1) is 15.0. The Morgan fingerprint density at radius 3 is 2.42 bits per heavy atom. The van der Waals surface area contributed by atoms with Crippen molar-refractivity contribution in [3.8, 4) is 46.0 Å². The van der Waals surface area contributed by atoms with Gasteiger partial charge in [0.05, 0.1) is 19.8 Å². The van der Waals surface area contributed by atoms with Crippen molar-refractivity contribution in [2.24, 2.45) is 7.05 Å². The Hall–Kier alpha value is -3.97. The number of aryl methyl sites for hydroxylation is 1. The minimum Gasteiger partial charge on any atom is -0.490 e. The maximum absolute atomic E-state index is 9.92. The Kier molecular flexibility index (Phi) is 4.34. The quantitative estimate of drug-likeness (QED) is 0.619. The lowest BCUT2D eigenvalue weighted by Gasteiger charge is -2.22. The summed E-state index contributed by atoms with van der Waals surface area (Å²) in [6, 6.07) is 12.4. The van der Waals surface area contributed by atoms with E-state index in [2.05, 4.69) is 18.2 Å². The molecular weight excluding hydrogens is 390 g/mol. The molecule has 0 bridgehead atoms. The highest BCUT2D eigenvalue weighted by Gasteiger charge is 2.30. The minimum absolute atomic E-state index is 0.430. The second kappa shape index (κ2) is 7.07. The molecule has 0 fully saturated rings. The predicted molar refractivity (Wildman–Crippen MR) is 114 cm³/mol. The molecule has 2 aliphatic heterocycles. The Labute approximate surface area is 180 Å². The van der Waals surface area contributed by atoms with E-state index in [1.165, 1.54) is 5.56 Å². The summed E-state index contributed by atoms with van der Waals surface area (Å²) >= 11 is 0. The Morgan fingerprint density at radius 2 is 1.74 bits per heavy atom. The average Bonchev–Trinajstić information content (AvgIpc) is 2.93. The van der Waals surface area contributed by atoms with Gasteiger partial charge in [0.25, 0.3) is 5.82 Å². The molecule has 0 saturated heterocycles. The van der Waals surface area contributed by atoms with Crippen molar-refractivity contribution in [1.82, 2.24) is 4.57 Å². The molecule has 4 heterocycles. The van der Waals surface area contributed by atoms with E-state index in [1.54, 1.807) is 0 Å². The highest BCUT2D eigenvalue weighted by molar-refractivity contribution is 5.81. The molecule has 0 aliphatic carbocycles. The molecule has 7 heteroatoms. The summed E-state index contributed by atoms with van der Waals surface area (Å²) in [7, 11) is 1.85. The third-order valence-electron chi connectivity index (χ3n) is 6.29. The standard InChI is InChI=1S/C24H21N5O2/c1-14-17(9-16(12-25)28(14)2)19-10-21-18-11-23-22(30-6-3-7-31-23)8-15(18)4-5-29(21)24(27)20(19)13-26/h8-11,27H,3-7H2,1-2H3/p+1. The summed E-state index contributed by atoms with van der Waals surface area (Å²) in [5.74, 6) is 1.95. The molecule has 0 spiro atoms. The number of rotatable bonds is 1. The lowest BCUT2D eigenvalue weighted by molar-refractivity contribution is -0.673. The van der Waals surface area contributed by atoms with Gasteiger partial charge in [0.15, 0.2) is 11.5 Å². The topological polar surface area (TPSA) is 101 Å². The molecular formula is C24H22N5O2+. The van der Waals surface area contributed by atoms with Crippen LogP contribution in [0.1, 0.15) is 28.9 Å². The fourth-order valence-electron chi connectivity index (χ4n) is 4.49. The molecule has 2 aromatic heterocycles. The first kappa shape index (κ1) is 19.0. The van der Waals surface area contributed by atoms with Crippen LogP contribution in [0.25, 0.3) is 22.4 Å². The summed E-state index contributed by atoms with van der Waals surface area (Å²) in [5.41, 5.74) is 13.1. The third-order valence-corrected chi connectivity index (χ3v) is 6.29. The maximum atomic E-state index is 9.92. The summed E-state index contributed by atoms with van der Waals surface area (Å²) in [6.45, 7) is 3.89. The molecule has 7 nitrogen and oxygen atoms in total. The largest absolute Gasteiger partial charge is 0.490 e. The molecule has 5 rings (SSSR count). The minimum atomic E-state index is 0.430. The number of benzene rings is 1. The summed E-state index contributed by atoms with van der Waals surface area (Å²) < 4.78 is 15.6. The molecule has 0 saturated carbocycles. The van der Waals surface area contributed by atoms with Gasteiger partial charge in [-0.25, -0.2) is 4.57 Å². The van der Waals surface area contributed by atoms with Gasteiger partial charge in [0, 0.05) is 42.3 Å². The smallest absolute Gasteiger partial charge is 0.291 e. The number of nitrogen functional groups attached to an aromatic ring is 1. The highest BCUT2D eigenvalue weighted by atomic mass is 16.5. The summed E-state index contributed by atoms with van der Waals surface area (Å²) in [5, 5.41) is 19.4. The molecule has 3 aromatic rings. The van der Waals surface area contributed by atoms with Crippen molar-refractivity contribution in [3.63, 3.8) is 0 Å². The van der Waals surface area contributed by atoms with E-state index in [1.807, 2.05) is 41.3 Å². The van der Waals surface area contributed by atoms with Gasteiger partial charge in [-0.15, -0.1) is 0 Å². The molecule has 154 valence electrons. The van der Waals surface area contributed by atoms with Gasteiger partial charge in [-0.3, -0.25) is 5.73 Å². The molecule has 31 heavy (non-hydrogen) atoms. The van der Waals surface area contributed by atoms with Gasteiger partial charge in [-0.05, 0) is 36.8 Å². The number of hydrogen-bond acceptors (Lipinski definition) is 5. The van der Waals surface area contributed by atoms with E-state index < -0.39 is 0 Å². The normalized spacial score (nSPS) is 14.1. The van der Waals surface area contributed by atoms with Crippen LogP contribution in [0.15, 0.2) is 24.3 Å². The molecule has 0 atom stereocenters. The summed E-state index contributed by atoms with van der Waals surface area (Å²) in [4.78, 5) is 0. The van der Waals surface area contributed by atoms with Crippen molar-refractivity contribution in [2.75, 3.05) is 18.9 Å². The Balaban J connectivity index is 1.77. The van der Waals surface area contributed by atoms with Crippen molar-refractivity contribution in [2.45, 2.75) is 26.3 Å². The molecule has 2 aliphatic rings. The number of pyridine rings is 1. The van der Waals surface area contributed by atoms with Crippen LogP contribution in [0.3, 0.4) is 0 Å². The van der Waals surface area contributed by atoms with E-state index in [-0.39, 0.29) is 0 Å². The van der Waals surface area contributed by atoms with E-state index in [0.717, 1.165) is 52.4 Å². The number of ether oxygens (including phenoxy) is 2. The van der Waals surface area contributed by atoms with Gasteiger partial charge in [-0.1, -0.05) is 0 Å².